The predicted octanol–water partition coefficient (Wildman–Crippen LogP) is 2.38. The van der Waals surface area contributed by atoms with E-state index in [9.17, 15) is 14.7 Å². The maximum atomic E-state index is 12.2. The van der Waals surface area contributed by atoms with Gasteiger partial charge in [-0.05, 0) is 26.7 Å². The molecule has 0 aliphatic heterocycles. The molecule has 0 spiro atoms. The van der Waals surface area contributed by atoms with Gasteiger partial charge in [0.05, 0.1) is 0 Å². The lowest BCUT2D eigenvalue weighted by molar-refractivity contribution is -0.145. The minimum Gasteiger partial charge on any atom is -0.480 e. The summed E-state index contributed by atoms with van der Waals surface area (Å²) >= 11 is 0. The van der Waals surface area contributed by atoms with E-state index in [2.05, 4.69) is 11.9 Å². The Kier molecular flexibility index (Phi) is 5.39. The van der Waals surface area contributed by atoms with E-state index in [1.54, 1.807) is 4.90 Å². The monoisotopic (exact) mass is 268 g/mol. The third-order valence-corrected chi connectivity index (χ3v) is 3.59. The summed E-state index contributed by atoms with van der Waals surface area (Å²) in [6, 6.07) is -0.310. The molecule has 1 fully saturated rings. The van der Waals surface area contributed by atoms with Gasteiger partial charge in [0, 0.05) is 13.1 Å². The highest BCUT2D eigenvalue weighted by atomic mass is 16.4. The van der Waals surface area contributed by atoms with E-state index in [1.165, 1.54) is 0 Å². The van der Waals surface area contributed by atoms with E-state index in [4.69, 9.17) is 0 Å². The molecule has 0 bridgehead atoms. The summed E-state index contributed by atoms with van der Waals surface area (Å²) < 4.78 is 0. The summed E-state index contributed by atoms with van der Waals surface area (Å²) in [5, 5.41) is 12.2. The molecule has 0 aromatic heterocycles. The molecule has 2 N–H and O–H groups in total. The van der Waals surface area contributed by atoms with Crippen LogP contribution in [0.4, 0.5) is 4.79 Å². The molecule has 0 aromatic carbocycles. The Balaban J connectivity index is 2.75. The lowest BCUT2D eigenvalue weighted by atomic mass is 9.82. The fourth-order valence-corrected chi connectivity index (χ4v) is 2.48. The van der Waals surface area contributed by atoms with Crippen LogP contribution in [-0.4, -0.2) is 40.6 Å². The Hall–Kier alpha value is -1.52. The molecule has 0 unspecified atom stereocenters. The van der Waals surface area contributed by atoms with E-state index in [0.717, 1.165) is 24.8 Å². The molecular weight excluding hydrogens is 244 g/mol. The van der Waals surface area contributed by atoms with Crippen molar-refractivity contribution in [3.63, 3.8) is 0 Å². The summed E-state index contributed by atoms with van der Waals surface area (Å²) in [6.07, 6.45) is 3.75. The fourth-order valence-electron chi connectivity index (χ4n) is 2.48. The smallest absolute Gasteiger partial charge is 0.329 e. The Labute approximate surface area is 114 Å². The Morgan fingerprint density at radius 1 is 1.32 bits per heavy atom. The first kappa shape index (κ1) is 15.5. The van der Waals surface area contributed by atoms with Crippen LogP contribution >= 0.6 is 0 Å². The lowest BCUT2D eigenvalue weighted by Gasteiger charge is -2.36. The second kappa shape index (κ2) is 6.59. The Bertz CT molecular complexity index is 360. The second-order valence-electron chi connectivity index (χ2n) is 5.35. The van der Waals surface area contributed by atoms with E-state index in [-0.39, 0.29) is 6.03 Å². The zero-order chi connectivity index (χ0) is 14.5. The lowest BCUT2D eigenvalue weighted by Crippen LogP contribution is -2.58. The second-order valence-corrected chi connectivity index (χ2v) is 5.35. The van der Waals surface area contributed by atoms with Gasteiger partial charge in [-0.1, -0.05) is 31.4 Å². The molecule has 1 rings (SSSR count). The molecule has 0 saturated heterocycles. The third kappa shape index (κ3) is 3.98. The molecular formula is C14H24N2O3. The fraction of sp³-hybridized carbons (Fsp3) is 0.714. The number of amides is 2. The molecule has 1 aliphatic carbocycles. The van der Waals surface area contributed by atoms with Gasteiger partial charge in [0.1, 0.15) is 5.54 Å². The molecule has 0 aromatic rings. The maximum Gasteiger partial charge on any atom is 0.329 e. The van der Waals surface area contributed by atoms with Gasteiger partial charge in [0.15, 0.2) is 0 Å². The van der Waals surface area contributed by atoms with E-state index in [1.807, 2.05) is 13.8 Å². The van der Waals surface area contributed by atoms with Crippen molar-refractivity contribution >= 4 is 12.0 Å². The van der Waals surface area contributed by atoms with Gasteiger partial charge in [-0.3, -0.25) is 0 Å². The molecule has 0 heterocycles. The topological polar surface area (TPSA) is 69.6 Å². The van der Waals surface area contributed by atoms with E-state index in [0.29, 0.717) is 25.9 Å². The number of hydrogen-bond donors (Lipinski definition) is 2. The SMILES string of the molecule is C=C(C)CN(CC)C(=O)NC1(C(=O)O)CCCCC1. The van der Waals surface area contributed by atoms with Gasteiger partial charge in [0.2, 0.25) is 0 Å². The number of carbonyl (C=O) groups excluding carboxylic acids is 1. The van der Waals surface area contributed by atoms with Crippen LogP contribution < -0.4 is 5.32 Å². The predicted molar refractivity (Wildman–Crippen MR) is 74.0 cm³/mol. The molecule has 0 atom stereocenters. The summed E-state index contributed by atoms with van der Waals surface area (Å²) in [7, 11) is 0. The molecule has 5 heteroatoms. The van der Waals surface area contributed by atoms with Gasteiger partial charge in [0.25, 0.3) is 0 Å². The van der Waals surface area contributed by atoms with Crippen LogP contribution in [0.1, 0.15) is 46.0 Å². The number of urea groups is 1. The van der Waals surface area contributed by atoms with Crippen molar-refractivity contribution in [1.82, 2.24) is 10.2 Å². The normalized spacial score (nSPS) is 17.6. The van der Waals surface area contributed by atoms with Crippen LogP contribution in [-0.2, 0) is 4.79 Å². The number of likely N-dealkylation sites (N-methyl/N-ethyl adjacent to an activating group) is 1. The van der Waals surface area contributed by atoms with Crippen LogP contribution in [0.3, 0.4) is 0 Å². The summed E-state index contributed by atoms with van der Waals surface area (Å²) in [5.41, 5.74) is -0.206. The average Bonchev–Trinajstić information content (AvgIpc) is 2.36. The average molecular weight is 268 g/mol. The van der Waals surface area contributed by atoms with Gasteiger partial charge in [-0.15, -0.1) is 0 Å². The van der Waals surface area contributed by atoms with E-state index >= 15 is 0 Å². The highest BCUT2D eigenvalue weighted by Crippen LogP contribution is 2.28. The van der Waals surface area contributed by atoms with Gasteiger partial charge in [-0.25, -0.2) is 9.59 Å². The van der Waals surface area contributed by atoms with Crippen molar-refractivity contribution in [2.75, 3.05) is 13.1 Å². The van der Waals surface area contributed by atoms with Crippen molar-refractivity contribution < 1.29 is 14.7 Å². The zero-order valence-corrected chi connectivity index (χ0v) is 11.9. The molecule has 0 radical (unpaired) electrons. The number of rotatable bonds is 5. The first-order valence-electron chi connectivity index (χ1n) is 6.86. The molecule has 19 heavy (non-hydrogen) atoms. The molecule has 108 valence electrons. The van der Waals surface area contributed by atoms with Crippen LogP contribution in [0, 0.1) is 0 Å². The Morgan fingerprint density at radius 2 is 1.89 bits per heavy atom. The highest BCUT2D eigenvalue weighted by Gasteiger charge is 2.41. The van der Waals surface area contributed by atoms with Crippen LogP contribution in [0.25, 0.3) is 0 Å². The summed E-state index contributed by atoms with van der Waals surface area (Å²) in [5.74, 6) is -0.924. The maximum absolute atomic E-state index is 12.2. The number of hydrogen-bond acceptors (Lipinski definition) is 2. The number of aliphatic carboxylic acids is 1. The highest BCUT2D eigenvalue weighted by molar-refractivity contribution is 5.86. The standard InChI is InChI=1S/C14H24N2O3/c1-4-16(10-11(2)3)13(19)15-14(12(17)18)8-6-5-7-9-14/h2,4-10H2,1,3H3,(H,15,19)(H,17,18). The quantitative estimate of drug-likeness (QED) is 0.752. The molecule has 1 aliphatic rings. The summed E-state index contributed by atoms with van der Waals surface area (Å²) in [6.45, 7) is 8.50. The van der Waals surface area contributed by atoms with Crippen LogP contribution in [0.5, 0.6) is 0 Å². The summed E-state index contributed by atoms with van der Waals surface area (Å²) in [4.78, 5) is 25.3. The molecule has 5 nitrogen and oxygen atoms in total. The Morgan fingerprint density at radius 3 is 2.32 bits per heavy atom. The third-order valence-electron chi connectivity index (χ3n) is 3.59. The van der Waals surface area contributed by atoms with Crippen molar-refractivity contribution in [3.05, 3.63) is 12.2 Å². The number of carbonyl (C=O) groups is 2. The van der Waals surface area contributed by atoms with Crippen LogP contribution in [0.2, 0.25) is 0 Å². The zero-order valence-electron chi connectivity index (χ0n) is 11.9. The minimum absolute atomic E-state index is 0.310. The first-order valence-corrected chi connectivity index (χ1v) is 6.86. The van der Waals surface area contributed by atoms with Crippen molar-refractivity contribution in [2.24, 2.45) is 0 Å². The number of nitrogens with zero attached hydrogens (tertiary/aromatic N) is 1. The van der Waals surface area contributed by atoms with Gasteiger partial charge < -0.3 is 15.3 Å². The molecule has 1 saturated carbocycles. The minimum atomic E-state index is -1.09. The van der Waals surface area contributed by atoms with Crippen molar-refractivity contribution in [3.8, 4) is 0 Å². The largest absolute Gasteiger partial charge is 0.480 e. The first-order chi connectivity index (χ1) is 8.91. The van der Waals surface area contributed by atoms with Gasteiger partial charge in [-0.2, -0.15) is 0 Å². The van der Waals surface area contributed by atoms with Crippen LogP contribution in [0.15, 0.2) is 12.2 Å². The molecule has 2 amide bonds. The van der Waals surface area contributed by atoms with Crippen molar-refractivity contribution in [2.45, 2.75) is 51.5 Å². The number of nitrogens with one attached hydrogen (secondary N) is 1. The van der Waals surface area contributed by atoms with Crippen molar-refractivity contribution in [1.29, 1.82) is 0 Å². The number of carboxylic acids is 1. The number of carboxylic acid groups (broad SMARTS) is 1. The van der Waals surface area contributed by atoms with Gasteiger partial charge >= 0.3 is 12.0 Å². The van der Waals surface area contributed by atoms with E-state index < -0.39 is 11.5 Å².